The van der Waals surface area contributed by atoms with Gasteiger partial charge in [0.25, 0.3) is 5.91 Å². The van der Waals surface area contributed by atoms with Crippen LogP contribution in [0.15, 0.2) is 59.5 Å². The van der Waals surface area contributed by atoms with Crippen molar-refractivity contribution in [1.29, 1.82) is 0 Å². The van der Waals surface area contributed by atoms with Crippen LogP contribution < -0.4 is 0 Å². The minimum absolute atomic E-state index is 0.00289. The first-order valence-corrected chi connectivity index (χ1v) is 13.5. The maximum atomic E-state index is 13.4. The number of rotatable bonds is 3. The first-order valence-electron chi connectivity index (χ1n) is 11.7. The Hall–Kier alpha value is -3.01. The van der Waals surface area contributed by atoms with E-state index in [0.717, 1.165) is 16.3 Å². The Labute approximate surface area is 206 Å². The highest BCUT2D eigenvalue weighted by atomic mass is 35.5. The summed E-state index contributed by atoms with van der Waals surface area (Å²) in [4.78, 5) is 15.4. The molecule has 10 heteroatoms. The maximum Gasteiger partial charge on any atom is 0.253 e. The molecule has 0 unspecified atom stereocenters. The van der Waals surface area contributed by atoms with Gasteiger partial charge in [-0.3, -0.25) is 9.89 Å². The van der Waals surface area contributed by atoms with Gasteiger partial charge in [0.05, 0.1) is 10.4 Å². The predicted molar refractivity (Wildman–Crippen MR) is 131 cm³/mol. The van der Waals surface area contributed by atoms with E-state index in [4.69, 9.17) is 11.6 Å². The Morgan fingerprint density at radius 1 is 0.886 bits per heavy atom. The summed E-state index contributed by atoms with van der Waals surface area (Å²) in [5, 5.41) is 13.0. The number of fused-ring (bicyclic) bond motifs is 6. The summed E-state index contributed by atoms with van der Waals surface area (Å²) in [6.45, 7) is 2.37. The molecule has 3 aliphatic rings. The molecule has 35 heavy (non-hydrogen) atoms. The summed E-state index contributed by atoms with van der Waals surface area (Å²) in [6.07, 6.45) is 0. The minimum Gasteiger partial charge on any atom is -0.338 e. The molecular formula is C25H22ClN5O3S. The van der Waals surface area contributed by atoms with Gasteiger partial charge in [0.1, 0.15) is 5.52 Å². The van der Waals surface area contributed by atoms with Crippen LogP contribution in [0.5, 0.6) is 0 Å². The zero-order valence-corrected chi connectivity index (χ0v) is 20.2. The molecule has 4 aromatic rings. The van der Waals surface area contributed by atoms with Crippen molar-refractivity contribution in [2.24, 2.45) is 23.7 Å². The van der Waals surface area contributed by atoms with Crippen molar-refractivity contribution in [1.82, 2.24) is 24.6 Å². The lowest BCUT2D eigenvalue weighted by atomic mass is 9.60. The molecule has 3 aromatic carbocycles. The van der Waals surface area contributed by atoms with Crippen LogP contribution in [0.25, 0.3) is 21.8 Å². The predicted octanol–water partition coefficient (Wildman–Crippen LogP) is 3.40. The average molecular weight is 508 g/mol. The van der Waals surface area contributed by atoms with Gasteiger partial charge in [-0.05, 0) is 76.9 Å². The molecule has 1 aromatic heterocycles. The van der Waals surface area contributed by atoms with Gasteiger partial charge in [-0.25, -0.2) is 8.42 Å². The Morgan fingerprint density at radius 2 is 1.57 bits per heavy atom. The van der Waals surface area contributed by atoms with Crippen LogP contribution in [0, 0.1) is 23.7 Å². The molecule has 1 aliphatic carbocycles. The normalized spacial score (nSPS) is 26.1. The molecule has 0 bridgehead atoms. The summed E-state index contributed by atoms with van der Waals surface area (Å²) in [5.41, 5.74) is 2.08. The first-order chi connectivity index (χ1) is 16.9. The molecule has 8 nitrogen and oxygen atoms in total. The van der Waals surface area contributed by atoms with Crippen LogP contribution in [-0.4, -0.2) is 65.1 Å². The van der Waals surface area contributed by atoms with Crippen molar-refractivity contribution in [2.75, 3.05) is 26.2 Å². The van der Waals surface area contributed by atoms with E-state index in [2.05, 4.69) is 15.4 Å². The Kier molecular flexibility index (Phi) is 4.56. The Morgan fingerprint density at radius 3 is 2.34 bits per heavy atom. The number of sulfonamides is 1. The number of carbonyl (C=O) groups excluding carboxylic acids is 1. The number of aromatic nitrogens is 3. The number of hydrogen-bond acceptors (Lipinski definition) is 5. The van der Waals surface area contributed by atoms with Crippen LogP contribution in [0.3, 0.4) is 0 Å². The van der Waals surface area contributed by atoms with Crippen LogP contribution in [0.2, 0.25) is 5.02 Å². The van der Waals surface area contributed by atoms with E-state index >= 15 is 0 Å². The van der Waals surface area contributed by atoms with Crippen molar-refractivity contribution in [3.8, 4) is 0 Å². The summed E-state index contributed by atoms with van der Waals surface area (Å²) in [7, 11) is -3.58. The van der Waals surface area contributed by atoms with Gasteiger partial charge in [-0.15, -0.1) is 5.10 Å². The van der Waals surface area contributed by atoms with Crippen LogP contribution in [0.1, 0.15) is 10.4 Å². The lowest BCUT2D eigenvalue weighted by Crippen LogP contribution is -2.44. The molecule has 0 spiro atoms. The average Bonchev–Trinajstić information content (AvgIpc) is 3.57. The number of amides is 1. The molecule has 1 N–H and O–H groups in total. The summed E-state index contributed by atoms with van der Waals surface area (Å²) < 4.78 is 28.5. The van der Waals surface area contributed by atoms with Crippen LogP contribution in [-0.2, 0) is 10.0 Å². The molecule has 2 aliphatic heterocycles. The third-order valence-corrected chi connectivity index (χ3v) is 10.2. The standard InChI is InChI=1S/C25H22ClN5O3S/c26-17-4-1-15-8-18(5-2-14(15)7-17)35(33,34)31-12-21-19-10-30(11-20(19)22(21)13-31)25(32)16-3-6-23-24(9-16)28-29-27-23/h1-9,19-22H,10-13H2,(H,27,28,29)/t19-,20+,21+,22-. The van der Waals surface area contributed by atoms with Crippen LogP contribution >= 0.6 is 11.6 Å². The number of halogens is 1. The summed E-state index contributed by atoms with van der Waals surface area (Å²) in [5.74, 6) is 1.29. The van der Waals surface area contributed by atoms with E-state index in [-0.39, 0.29) is 5.91 Å². The summed E-state index contributed by atoms with van der Waals surface area (Å²) >= 11 is 6.06. The highest BCUT2D eigenvalue weighted by Crippen LogP contribution is 2.55. The third kappa shape index (κ3) is 3.22. The number of aromatic amines is 1. The van der Waals surface area contributed by atoms with Gasteiger partial charge >= 0.3 is 0 Å². The number of H-pyrrole nitrogens is 1. The molecular weight excluding hydrogens is 486 g/mol. The molecule has 7 rings (SSSR count). The fraction of sp³-hybridized carbons (Fsp3) is 0.320. The zero-order valence-electron chi connectivity index (χ0n) is 18.6. The highest BCUT2D eigenvalue weighted by Gasteiger charge is 2.60. The largest absolute Gasteiger partial charge is 0.338 e. The zero-order chi connectivity index (χ0) is 23.9. The van der Waals surface area contributed by atoms with Gasteiger partial charge in [0.15, 0.2) is 0 Å². The first kappa shape index (κ1) is 21.3. The number of hydrogen-bond donors (Lipinski definition) is 1. The van der Waals surface area contributed by atoms with E-state index < -0.39 is 10.0 Å². The Bertz CT molecular complexity index is 1600. The van der Waals surface area contributed by atoms with Crippen molar-refractivity contribution < 1.29 is 13.2 Å². The van der Waals surface area contributed by atoms with E-state index in [0.29, 0.717) is 70.8 Å². The number of benzene rings is 3. The summed E-state index contributed by atoms with van der Waals surface area (Å²) in [6, 6.07) is 16.1. The molecule has 178 valence electrons. The fourth-order valence-electron chi connectivity index (χ4n) is 6.36. The van der Waals surface area contributed by atoms with Gasteiger partial charge in [0.2, 0.25) is 10.0 Å². The van der Waals surface area contributed by atoms with Gasteiger partial charge in [-0.1, -0.05) is 28.9 Å². The van der Waals surface area contributed by atoms with E-state index in [1.807, 2.05) is 29.2 Å². The maximum absolute atomic E-state index is 13.4. The monoisotopic (exact) mass is 507 g/mol. The van der Waals surface area contributed by atoms with E-state index in [1.54, 1.807) is 34.6 Å². The molecule has 2 saturated heterocycles. The van der Waals surface area contributed by atoms with Gasteiger partial charge < -0.3 is 4.90 Å². The second-order valence-corrected chi connectivity index (χ2v) is 12.3. The fourth-order valence-corrected chi connectivity index (χ4v) is 8.09. The van der Waals surface area contributed by atoms with E-state index in [1.165, 1.54) is 0 Å². The topological polar surface area (TPSA) is 99.3 Å². The second-order valence-electron chi connectivity index (χ2n) is 9.88. The Balaban J connectivity index is 1.07. The molecule has 0 radical (unpaired) electrons. The van der Waals surface area contributed by atoms with Crippen molar-refractivity contribution in [3.05, 3.63) is 65.2 Å². The minimum atomic E-state index is -3.58. The lowest BCUT2D eigenvalue weighted by Gasteiger charge is -2.42. The SMILES string of the molecule is O=C(c1ccc2[nH]nnc2c1)N1C[C@@H]2[C@H](C1)[C@H]1CN(S(=O)(=O)c3ccc4cc(Cl)ccc4c3)C[C@@H]21. The molecule has 3 heterocycles. The van der Waals surface area contributed by atoms with Crippen molar-refractivity contribution in [2.45, 2.75) is 4.90 Å². The van der Waals surface area contributed by atoms with Gasteiger partial charge in [0, 0.05) is 36.8 Å². The number of nitrogens with one attached hydrogen (secondary N) is 1. The van der Waals surface area contributed by atoms with Crippen LogP contribution in [0.4, 0.5) is 0 Å². The molecule has 4 atom stereocenters. The quantitative estimate of drug-likeness (QED) is 0.458. The van der Waals surface area contributed by atoms with Gasteiger partial charge in [-0.2, -0.15) is 4.31 Å². The highest BCUT2D eigenvalue weighted by molar-refractivity contribution is 7.89. The number of nitrogens with zero attached hydrogens (tertiary/aromatic N) is 4. The second kappa shape index (κ2) is 7.49. The third-order valence-electron chi connectivity index (χ3n) is 8.16. The van der Waals surface area contributed by atoms with Crippen molar-refractivity contribution in [3.63, 3.8) is 0 Å². The van der Waals surface area contributed by atoms with E-state index in [9.17, 15) is 13.2 Å². The lowest BCUT2D eigenvalue weighted by molar-refractivity contribution is 0.0629. The number of likely N-dealkylation sites (tertiary alicyclic amines) is 1. The molecule has 1 saturated carbocycles. The van der Waals surface area contributed by atoms with Crippen molar-refractivity contribution >= 4 is 49.3 Å². The smallest absolute Gasteiger partial charge is 0.253 e. The molecule has 3 fully saturated rings. The molecule has 1 amide bonds. The number of carbonyl (C=O) groups is 1.